The van der Waals surface area contributed by atoms with E-state index >= 15 is 0 Å². The molecule has 1 amide bonds. The van der Waals surface area contributed by atoms with Crippen LogP contribution in [0.4, 0.5) is 5.13 Å². The predicted molar refractivity (Wildman–Crippen MR) is 118 cm³/mol. The molecule has 0 spiro atoms. The molecule has 0 fully saturated rings. The number of aryl methyl sites for hydroxylation is 1. The molecule has 3 rings (SSSR count). The van der Waals surface area contributed by atoms with E-state index in [-0.39, 0.29) is 5.91 Å². The minimum absolute atomic E-state index is 0.250. The number of nitrogens with one attached hydrogen (secondary N) is 1. The van der Waals surface area contributed by atoms with Gasteiger partial charge in [0.05, 0.1) is 21.7 Å². The maximum Gasteiger partial charge on any atom is 0.250 e. The van der Waals surface area contributed by atoms with Crippen LogP contribution < -0.4 is 10.1 Å². The van der Waals surface area contributed by atoms with E-state index in [1.54, 1.807) is 6.08 Å². The zero-order chi connectivity index (χ0) is 20.5. The summed E-state index contributed by atoms with van der Waals surface area (Å²) in [5, 5.41) is 12.0. The lowest BCUT2D eigenvalue weighted by molar-refractivity contribution is -0.111. The number of thiazole rings is 1. The molecule has 0 bridgehead atoms. The molecule has 0 unspecified atom stereocenters. The van der Waals surface area contributed by atoms with E-state index in [9.17, 15) is 4.79 Å². The maximum absolute atomic E-state index is 12.1. The zero-order valence-corrected chi connectivity index (χ0v) is 17.4. The van der Waals surface area contributed by atoms with Crippen LogP contribution in [-0.2, 0) is 11.4 Å². The second kappa shape index (κ2) is 10.5. The number of ether oxygens (including phenoxy) is 1. The van der Waals surface area contributed by atoms with Crippen LogP contribution >= 0.6 is 23.1 Å². The Morgan fingerprint density at radius 2 is 2.00 bits per heavy atom. The highest BCUT2D eigenvalue weighted by Gasteiger charge is 2.09. The van der Waals surface area contributed by atoms with Crippen LogP contribution in [0.25, 0.3) is 6.08 Å². The number of thioether (sulfide) groups is 1. The van der Waals surface area contributed by atoms with Gasteiger partial charge >= 0.3 is 0 Å². The first-order valence-electron chi connectivity index (χ1n) is 8.87. The third kappa shape index (κ3) is 6.49. The van der Waals surface area contributed by atoms with Crippen LogP contribution in [0.2, 0.25) is 0 Å². The third-order valence-electron chi connectivity index (χ3n) is 3.81. The largest absolute Gasteiger partial charge is 0.489 e. The molecule has 0 atom stereocenters. The lowest BCUT2D eigenvalue weighted by atomic mass is 10.2. The molecule has 0 aliphatic rings. The number of carbonyl (C=O) groups excluding carboxylic acids is 1. The van der Waals surface area contributed by atoms with Gasteiger partial charge < -0.3 is 4.74 Å². The number of carbonyl (C=O) groups is 1. The Morgan fingerprint density at radius 1 is 1.24 bits per heavy atom. The van der Waals surface area contributed by atoms with Crippen molar-refractivity contribution >= 4 is 40.2 Å². The van der Waals surface area contributed by atoms with Gasteiger partial charge in [-0.2, -0.15) is 5.26 Å². The van der Waals surface area contributed by atoms with Gasteiger partial charge in [-0.05, 0) is 36.3 Å². The van der Waals surface area contributed by atoms with Crippen LogP contribution in [0.1, 0.15) is 16.8 Å². The van der Waals surface area contributed by atoms with Crippen LogP contribution in [0, 0.1) is 18.3 Å². The number of rotatable bonds is 8. The Balaban J connectivity index is 1.51. The summed E-state index contributed by atoms with van der Waals surface area (Å²) >= 11 is 2.80. The molecule has 146 valence electrons. The van der Waals surface area contributed by atoms with E-state index in [1.807, 2.05) is 61.5 Å². The summed E-state index contributed by atoms with van der Waals surface area (Å²) in [6.07, 6.45) is 3.21. The number of aromatic nitrogens is 1. The summed E-state index contributed by atoms with van der Waals surface area (Å²) in [6.45, 7) is 2.38. The molecule has 0 saturated heterocycles. The molecular formula is C22H19N3O2S2. The van der Waals surface area contributed by atoms with Gasteiger partial charge in [0.25, 0.3) is 0 Å². The van der Waals surface area contributed by atoms with Crippen molar-refractivity contribution in [3.8, 4) is 11.8 Å². The van der Waals surface area contributed by atoms with E-state index in [4.69, 9.17) is 10.00 Å². The molecule has 1 N–H and O–H groups in total. The molecular weight excluding hydrogens is 402 g/mol. The highest BCUT2D eigenvalue weighted by molar-refractivity contribution is 8.01. The van der Waals surface area contributed by atoms with Gasteiger partial charge in [-0.3, -0.25) is 10.1 Å². The first kappa shape index (κ1) is 20.6. The van der Waals surface area contributed by atoms with Gasteiger partial charge in [0.15, 0.2) is 5.13 Å². The Hall–Kier alpha value is -3.08. The lowest BCUT2D eigenvalue weighted by Crippen LogP contribution is -2.07. The number of hydrogen-bond acceptors (Lipinski definition) is 6. The van der Waals surface area contributed by atoms with Gasteiger partial charge in [-0.15, -0.1) is 0 Å². The second-order valence-electron chi connectivity index (χ2n) is 6.00. The average molecular weight is 422 g/mol. The number of benzene rings is 2. The number of nitrogens with zero attached hydrogens (tertiary/aromatic N) is 2. The molecule has 5 nitrogen and oxygen atoms in total. The monoisotopic (exact) mass is 421 g/mol. The number of hydrogen-bond donors (Lipinski definition) is 1. The maximum atomic E-state index is 12.1. The first-order chi connectivity index (χ1) is 14.1. The van der Waals surface area contributed by atoms with E-state index in [2.05, 4.69) is 16.4 Å². The number of anilines is 1. The molecule has 0 aliphatic heterocycles. The molecule has 2 aromatic carbocycles. The predicted octanol–water partition coefficient (Wildman–Crippen LogP) is 5.30. The molecule has 1 aromatic heterocycles. The van der Waals surface area contributed by atoms with Gasteiger partial charge in [0.1, 0.15) is 12.4 Å². The normalized spacial score (nSPS) is 10.6. The van der Waals surface area contributed by atoms with Crippen molar-refractivity contribution in [2.24, 2.45) is 0 Å². The molecule has 29 heavy (non-hydrogen) atoms. The number of nitriles is 1. The Labute approximate surface area is 178 Å². The zero-order valence-electron chi connectivity index (χ0n) is 15.8. The van der Waals surface area contributed by atoms with Gasteiger partial charge in [-0.25, -0.2) is 4.98 Å². The second-order valence-corrected chi connectivity index (χ2v) is 8.25. The van der Waals surface area contributed by atoms with Crippen LogP contribution in [0.3, 0.4) is 0 Å². The van der Waals surface area contributed by atoms with Crippen molar-refractivity contribution in [1.29, 1.82) is 5.26 Å². The summed E-state index contributed by atoms with van der Waals surface area (Å²) < 4.78 is 6.70. The Kier molecular flexibility index (Phi) is 7.45. The highest BCUT2D eigenvalue weighted by Crippen LogP contribution is 2.31. The molecule has 1 heterocycles. The first-order valence-corrected chi connectivity index (χ1v) is 10.7. The lowest BCUT2D eigenvalue weighted by Gasteiger charge is -2.06. The third-order valence-corrected chi connectivity index (χ3v) is 6.11. The van der Waals surface area contributed by atoms with E-state index in [1.165, 1.54) is 29.2 Å². The molecule has 0 aliphatic carbocycles. The molecule has 3 aromatic rings. The van der Waals surface area contributed by atoms with Gasteiger partial charge in [-0.1, -0.05) is 65.6 Å². The van der Waals surface area contributed by atoms with Crippen molar-refractivity contribution in [2.75, 3.05) is 11.1 Å². The molecule has 0 saturated carbocycles. The fourth-order valence-electron chi connectivity index (χ4n) is 2.40. The van der Waals surface area contributed by atoms with E-state index < -0.39 is 0 Å². The fraction of sp³-hybridized carbons (Fsp3) is 0.136. The summed E-state index contributed by atoms with van der Waals surface area (Å²) in [5.74, 6) is 0.887. The SMILES string of the molecule is Cc1nc(NC(=O)/C=C/c2ccc(OCc3ccccc3)cc2)sc1SCC#N. The van der Waals surface area contributed by atoms with Crippen LogP contribution in [-0.4, -0.2) is 16.6 Å². The summed E-state index contributed by atoms with van der Waals surface area (Å²) in [7, 11) is 0. The summed E-state index contributed by atoms with van der Waals surface area (Å²) in [6, 6.07) is 19.6. The van der Waals surface area contributed by atoms with Crippen LogP contribution in [0.5, 0.6) is 5.75 Å². The quantitative estimate of drug-likeness (QED) is 0.395. The van der Waals surface area contributed by atoms with Gasteiger partial charge in [0, 0.05) is 6.08 Å². The summed E-state index contributed by atoms with van der Waals surface area (Å²) in [4.78, 5) is 16.5. The average Bonchev–Trinajstić information content (AvgIpc) is 3.09. The molecule has 0 radical (unpaired) electrons. The summed E-state index contributed by atoms with van der Waals surface area (Å²) in [5.41, 5.74) is 2.83. The smallest absolute Gasteiger partial charge is 0.250 e. The topological polar surface area (TPSA) is 75.0 Å². The number of amides is 1. The minimum Gasteiger partial charge on any atom is -0.489 e. The van der Waals surface area contributed by atoms with Crippen molar-refractivity contribution in [3.63, 3.8) is 0 Å². The van der Waals surface area contributed by atoms with E-state index in [0.29, 0.717) is 17.5 Å². The van der Waals surface area contributed by atoms with E-state index in [0.717, 1.165) is 26.8 Å². The fourth-order valence-corrected chi connectivity index (χ4v) is 4.21. The minimum atomic E-state index is -0.250. The van der Waals surface area contributed by atoms with Crippen molar-refractivity contribution in [2.45, 2.75) is 17.7 Å². The van der Waals surface area contributed by atoms with Gasteiger partial charge in [0.2, 0.25) is 5.91 Å². The van der Waals surface area contributed by atoms with Crippen molar-refractivity contribution in [1.82, 2.24) is 4.98 Å². The van der Waals surface area contributed by atoms with Crippen LogP contribution in [0.15, 0.2) is 64.9 Å². The standard InChI is InChI=1S/C22H19N3O2S2/c1-16-21(28-14-13-23)29-22(24-16)25-20(26)12-9-17-7-10-19(11-8-17)27-15-18-5-3-2-4-6-18/h2-12H,14-15H2,1H3,(H,24,25,26)/b12-9+. The van der Waals surface area contributed by atoms with Crippen molar-refractivity contribution < 1.29 is 9.53 Å². The van der Waals surface area contributed by atoms with Crippen molar-refractivity contribution in [3.05, 3.63) is 77.5 Å². The molecule has 7 heteroatoms. The Morgan fingerprint density at radius 3 is 2.72 bits per heavy atom. The Bertz CT molecular complexity index is 1020. The highest BCUT2D eigenvalue weighted by atomic mass is 32.2.